The van der Waals surface area contributed by atoms with Crippen LogP contribution in [0.3, 0.4) is 0 Å². The highest BCUT2D eigenvalue weighted by atomic mass is 32.2. The van der Waals surface area contributed by atoms with E-state index in [0.717, 1.165) is 0 Å². The topological polar surface area (TPSA) is 83.9 Å². The van der Waals surface area contributed by atoms with Gasteiger partial charge in [0.15, 0.2) is 0 Å². The summed E-state index contributed by atoms with van der Waals surface area (Å²) in [5, 5.41) is 8.81. The van der Waals surface area contributed by atoms with Gasteiger partial charge in [-0.3, -0.25) is 4.79 Å². The fourth-order valence-electron chi connectivity index (χ4n) is 2.53. The summed E-state index contributed by atoms with van der Waals surface area (Å²) in [5.41, 5.74) is 0.598. The van der Waals surface area contributed by atoms with Crippen molar-refractivity contribution in [3.05, 3.63) is 29.8 Å². The number of carbonyl (C=O) groups is 1. The normalized spacial score (nSPS) is 22.0. The molecule has 1 aliphatic rings. The number of sulfonamides is 1. The maximum atomic E-state index is 13.9. The Morgan fingerprint density at radius 3 is 2.74 bits per heavy atom. The first-order chi connectivity index (χ1) is 10.7. The summed E-state index contributed by atoms with van der Waals surface area (Å²) in [6, 6.07) is 5.84. The number of halogens is 2. The van der Waals surface area contributed by atoms with Crippen molar-refractivity contribution in [1.29, 1.82) is 0 Å². The second-order valence-corrected chi connectivity index (χ2v) is 7.30. The van der Waals surface area contributed by atoms with Gasteiger partial charge in [0, 0.05) is 13.7 Å². The molecule has 0 radical (unpaired) electrons. The van der Waals surface area contributed by atoms with Crippen molar-refractivity contribution in [2.45, 2.75) is 23.8 Å². The minimum absolute atomic E-state index is 0.114. The van der Waals surface area contributed by atoms with Gasteiger partial charge in [-0.15, -0.1) is 0 Å². The van der Waals surface area contributed by atoms with Crippen LogP contribution in [-0.4, -0.2) is 49.9 Å². The maximum Gasteiger partial charge on any atom is 0.312 e. The molecule has 128 valence electrons. The largest absolute Gasteiger partial charge is 0.481 e. The summed E-state index contributed by atoms with van der Waals surface area (Å²) in [7, 11) is -2.66. The van der Waals surface area contributed by atoms with Crippen LogP contribution >= 0.6 is 0 Å². The van der Waals surface area contributed by atoms with Gasteiger partial charge in [-0.25, -0.2) is 17.2 Å². The number of carboxylic acids is 1. The van der Waals surface area contributed by atoms with Gasteiger partial charge in [0.1, 0.15) is 5.92 Å². The first-order valence-corrected chi connectivity index (χ1v) is 8.31. The van der Waals surface area contributed by atoms with Crippen LogP contribution in [0.15, 0.2) is 29.2 Å². The minimum Gasteiger partial charge on any atom is -0.481 e. The first-order valence-electron chi connectivity index (χ1n) is 6.87. The lowest BCUT2D eigenvalue weighted by Gasteiger charge is -2.35. The maximum absolute atomic E-state index is 13.9. The van der Waals surface area contributed by atoms with Gasteiger partial charge in [0.2, 0.25) is 10.0 Å². The second-order valence-electron chi connectivity index (χ2n) is 5.36. The van der Waals surface area contributed by atoms with Crippen LogP contribution in [0.5, 0.6) is 0 Å². The third kappa shape index (κ3) is 3.67. The average molecular weight is 349 g/mol. The summed E-state index contributed by atoms with van der Waals surface area (Å²) >= 11 is 0. The van der Waals surface area contributed by atoms with Crippen LogP contribution in [0.1, 0.15) is 12.0 Å². The number of hydrogen-bond donors (Lipinski definition) is 1. The van der Waals surface area contributed by atoms with Gasteiger partial charge in [-0.1, -0.05) is 12.1 Å². The second kappa shape index (κ2) is 6.50. The van der Waals surface area contributed by atoms with E-state index in [9.17, 15) is 22.0 Å². The van der Waals surface area contributed by atoms with E-state index in [1.165, 1.54) is 25.3 Å². The molecule has 0 saturated carbocycles. The molecule has 0 spiro atoms. The first kappa shape index (κ1) is 17.8. The Bertz CT molecular complexity index is 692. The van der Waals surface area contributed by atoms with Crippen LogP contribution in [0.25, 0.3) is 0 Å². The Morgan fingerprint density at radius 2 is 2.17 bits per heavy atom. The number of alkyl halides is 2. The molecular formula is C14H17F2NO5S. The van der Waals surface area contributed by atoms with Gasteiger partial charge in [0.05, 0.1) is 18.0 Å². The number of nitrogens with zero attached hydrogens (tertiary/aromatic N) is 1. The molecule has 0 aliphatic carbocycles. The molecular weight excluding hydrogens is 332 g/mol. The van der Waals surface area contributed by atoms with E-state index in [1.807, 2.05) is 0 Å². The van der Waals surface area contributed by atoms with E-state index in [-0.39, 0.29) is 18.0 Å². The predicted octanol–water partition coefficient (Wildman–Crippen LogP) is 1.56. The molecule has 1 aromatic rings. The quantitative estimate of drug-likeness (QED) is 0.872. The molecule has 23 heavy (non-hydrogen) atoms. The van der Waals surface area contributed by atoms with E-state index in [0.29, 0.717) is 9.87 Å². The van der Waals surface area contributed by atoms with Crippen LogP contribution in [0, 0.1) is 5.92 Å². The number of aliphatic carboxylic acids is 1. The highest BCUT2D eigenvalue weighted by Crippen LogP contribution is 2.35. The lowest BCUT2D eigenvalue weighted by molar-refractivity contribution is -0.163. The molecule has 1 heterocycles. The van der Waals surface area contributed by atoms with Crippen molar-refractivity contribution >= 4 is 16.0 Å². The SMILES string of the molecule is COCc1cccc(S(=O)(=O)N2CCC(C(=O)O)C(F)(F)C2)c1. The van der Waals surface area contributed by atoms with E-state index in [1.54, 1.807) is 6.07 Å². The van der Waals surface area contributed by atoms with Gasteiger partial charge in [-0.2, -0.15) is 4.31 Å². The zero-order valence-electron chi connectivity index (χ0n) is 12.4. The molecule has 6 nitrogen and oxygen atoms in total. The van der Waals surface area contributed by atoms with Crippen molar-refractivity contribution in [1.82, 2.24) is 4.31 Å². The fourth-order valence-corrected chi connectivity index (χ4v) is 4.07. The molecule has 1 unspecified atom stereocenters. The van der Waals surface area contributed by atoms with Gasteiger partial charge < -0.3 is 9.84 Å². The number of carboxylic acid groups (broad SMARTS) is 1. The summed E-state index contributed by atoms with van der Waals surface area (Å²) in [6.45, 7) is -1.20. The minimum atomic E-state index is -4.12. The van der Waals surface area contributed by atoms with Crippen LogP contribution in [0.2, 0.25) is 0 Å². The monoisotopic (exact) mass is 349 g/mol. The van der Waals surface area contributed by atoms with Crippen LogP contribution in [-0.2, 0) is 26.2 Å². The van der Waals surface area contributed by atoms with Gasteiger partial charge in [-0.05, 0) is 24.1 Å². The summed E-state index contributed by atoms with van der Waals surface area (Å²) in [5.74, 6) is -7.09. The molecule has 1 fully saturated rings. The third-order valence-electron chi connectivity index (χ3n) is 3.71. The number of hydrogen-bond acceptors (Lipinski definition) is 4. The highest BCUT2D eigenvalue weighted by Gasteiger charge is 2.51. The Balaban J connectivity index is 2.27. The van der Waals surface area contributed by atoms with Crippen molar-refractivity contribution in [3.8, 4) is 0 Å². The summed E-state index contributed by atoms with van der Waals surface area (Å²) in [6.07, 6.45) is -0.431. The zero-order chi connectivity index (χ0) is 17.3. The van der Waals surface area contributed by atoms with Crippen molar-refractivity contribution in [2.24, 2.45) is 5.92 Å². The molecule has 1 aromatic carbocycles. The number of piperidine rings is 1. The fraction of sp³-hybridized carbons (Fsp3) is 0.500. The molecule has 9 heteroatoms. The van der Waals surface area contributed by atoms with E-state index in [2.05, 4.69) is 0 Å². The molecule has 0 bridgehead atoms. The lowest BCUT2D eigenvalue weighted by Crippen LogP contribution is -2.52. The standard InChI is InChI=1S/C14H17F2NO5S/c1-22-8-10-3-2-4-11(7-10)23(20,21)17-6-5-12(13(18)19)14(15,16)9-17/h2-4,7,12H,5-6,8-9H2,1H3,(H,18,19). The van der Waals surface area contributed by atoms with Gasteiger partial charge in [0.25, 0.3) is 5.92 Å². The van der Waals surface area contributed by atoms with Crippen molar-refractivity contribution in [2.75, 3.05) is 20.2 Å². The smallest absolute Gasteiger partial charge is 0.312 e. The Hall–Kier alpha value is -1.58. The lowest BCUT2D eigenvalue weighted by atomic mass is 9.94. The van der Waals surface area contributed by atoms with E-state index in [4.69, 9.17) is 9.84 Å². The van der Waals surface area contributed by atoms with E-state index >= 15 is 0 Å². The number of benzene rings is 1. The van der Waals surface area contributed by atoms with Gasteiger partial charge >= 0.3 is 5.97 Å². The average Bonchev–Trinajstić information content (AvgIpc) is 2.46. The summed E-state index contributed by atoms with van der Waals surface area (Å²) in [4.78, 5) is 10.7. The van der Waals surface area contributed by atoms with E-state index < -0.39 is 40.8 Å². The Labute approximate surface area is 132 Å². The number of methoxy groups -OCH3 is 1. The number of rotatable bonds is 5. The molecule has 1 atom stereocenters. The Morgan fingerprint density at radius 1 is 1.48 bits per heavy atom. The van der Waals surface area contributed by atoms with Crippen LogP contribution in [0.4, 0.5) is 8.78 Å². The molecule has 0 aromatic heterocycles. The predicted molar refractivity (Wildman–Crippen MR) is 76.6 cm³/mol. The van der Waals surface area contributed by atoms with Crippen molar-refractivity contribution in [3.63, 3.8) is 0 Å². The Kier molecular flexibility index (Phi) is 5.02. The highest BCUT2D eigenvalue weighted by molar-refractivity contribution is 7.89. The summed E-state index contributed by atoms with van der Waals surface area (Å²) < 4.78 is 58.4. The molecule has 1 N–H and O–H groups in total. The molecule has 1 saturated heterocycles. The van der Waals surface area contributed by atoms with Crippen LogP contribution < -0.4 is 0 Å². The van der Waals surface area contributed by atoms with Crippen molar-refractivity contribution < 1.29 is 31.8 Å². The zero-order valence-corrected chi connectivity index (χ0v) is 13.2. The molecule has 2 rings (SSSR count). The molecule has 1 aliphatic heterocycles. The number of ether oxygens (including phenoxy) is 1. The third-order valence-corrected chi connectivity index (χ3v) is 5.55. The molecule has 0 amide bonds.